The molecule has 0 saturated carbocycles. The molecule has 32 nitrogen and oxygen atoms in total. The number of azo groups is 1. The number of thioether (sulfide) groups is 1. The molecule has 0 radical (unpaired) electrons. The van der Waals surface area contributed by atoms with Crippen molar-refractivity contribution in [3.8, 4) is 0 Å². The second-order valence-electron chi connectivity index (χ2n) is 31.5. The largest absolute Gasteiger partial charge is 3.00 e. The third kappa shape index (κ3) is 17.6. The number of aliphatic imine (C=N–C) groups is 3. The maximum atomic E-state index is 14.6. The van der Waals surface area contributed by atoms with Gasteiger partial charge >= 0.3 is 28.8 Å². The number of hydrogen-bond donors (Lipinski definition) is 10. The van der Waals surface area contributed by atoms with Crippen LogP contribution in [-0.4, -0.2) is 154 Å². The fraction of sp³-hybridized carbons (Fsp3) is 0.658. The van der Waals surface area contributed by atoms with Crippen molar-refractivity contribution in [2.45, 2.75) is 238 Å². The van der Waals surface area contributed by atoms with Crippen molar-refractivity contribution in [3.63, 3.8) is 0 Å². The van der Waals surface area contributed by atoms with Crippen molar-refractivity contribution in [1.82, 2.24) is 16.0 Å². The van der Waals surface area contributed by atoms with E-state index in [-0.39, 0.29) is 117 Å². The number of esters is 1. The number of carbonyl (C=O) groups excluding carboxylic acids is 9. The van der Waals surface area contributed by atoms with Crippen LogP contribution in [0, 0.1) is 71.0 Å². The minimum atomic E-state index is -5.48. The van der Waals surface area contributed by atoms with Crippen LogP contribution in [0.1, 0.15) is 181 Å². The molecule has 9 aliphatic rings. The van der Waals surface area contributed by atoms with E-state index in [0.29, 0.717) is 69.5 Å². The summed E-state index contributed by atoms with van der Waals surface area (Å²) in [4.78, 5) is 150. The van der Waals surface area contributed by atoms with Gasteiger partial charge in [-0.25, -0.2) is 4.79 Å². The molecule has 4 fully saturated rings. The van der Waals surface area contributed by atoms with Gasteiger partial charge in [-0.15, -0.1) is 0 Å². The van der Waals surface area contributed by atoms with E-state index in [1.54, 1.807) is 25.6 Å². The summed E-state index contributed by atoms with van der Waals surface area (Å²) in [6.45, 7) is 23.7. The first-order valence-electron chi connectivity index (χ1n) is 36.3. The number of primary amides is 6. The fourth-order valence-corrected chi connectivity index (χ4v) is 20.6. The molecule has 16 N–H and O–H groups in total. The summed E-state index contributed by atoms with van der Waals surface area (Å²) in [6.07, 6.45) is -4.84. The van der Waals surface area contributed by atoms with E-state index in [4.69, 9.17) is 85.1 Å². The number of nitrogens with two attached hydrogens (primary N) is 6. The topological polar surface area (TPSA) is 543 Å². The number of phosphoric ester groups is 1. The van der Waals surface area contributed by atoms with Gasteiger partial charge in [-0.1, -0.05) is 53.1 Å². The number of aryl methyl sites for hydroxylation is 2. The van der Waals surface area contributed by atoms with Gasteiger partial charge in [0.25, 0.3) is 7.82 Å². The van der Waals surface area contributed by atoms with Crippen LogP contribution >= 0.6 is 19.6 Å². The van der Waals surface area contributed by atoms with E-state index in [9.17, 15) is 57.7 Å². The van der Waals surface area contributed by atoms with Gasteiger partial charge in [-0.2, -0.15) is 27.7 Å². The number of carbonyl (C=O) groups is 9. The smallest absolute Gasteiger partial charge is 0.756 e. The van der Waals surface area contributed by atoms with E-state index in [2.05, 4.69) is 26.2 Å². The Bertz CT molecular complexity index is 4070. The van der Waals surface area contributed by atoms with Crippen LogP contribution in [0.3, 0.4) is 0 Å². The zero-order chi connectivity index (χ0) is 79.0. The first kappa shape index (κ1) is 86.0. The number of amides is 8. The van der Waals surface area contributed by atoms with Crippen molar-refractivity contribution in [1.29, 1.82) is 5.26 Å². The summed E-state index contributed by atoms with van der Waals surface area (Å²) in [5, 5.41) is 41.5. The number of aliphatic hydroxyl groups is 1. The second kappa shape index (κ2) is 33.9. The number of fused-ring (bicyclic) bond motifs is 8. The Kier molecular flexibility index (Phi) is 27.0. The van der Waals surface area contributed by atoms with Crippen LogP contribution in [0.25, 0.3) is 5.32 Å². The average molecular weight is 1580 g/mol. The normalized spacial score (nSPS) is 34.3. The predicted molar refractivity (Wildman–Crippen MR) is 393 cm³/mol. The van der Waals surface area contributed by atoms with Gasteiger partial charge in [0.1, 0.15) is 49.1 Å². The summed E-state index contributed by atoms with van der Waals surface area (Å²) in [5.74, 6) is -7.22. The molecular weight excluding hydrogens is 1480 g/mol. The van der Waals surface area contributed by atoms with Crippen LogP contribution in [0.2, 0.25) is 0 Å². The number of aliphatic hydroxyl groups excluding tert-OH is 1. The number of rotatable bonds is 33. The van der Waals surface area contributed by atoms with Gasteiger partial charge in [0, 0.05) is 125 Å². The zero-order valence-electron chi connectivity index (χ0n) is 62.9. The maximum absolute atomic E-state index is 14.6. The van der Waals surface area contributed by atoms with E-state index in [0.717, 1.165) is 23.3 Å². The van der Waals surface area contributed by atoms with Crippen molar-refractivity contribution < 1.29 is 93.0 Å². The van der Waals surface area contributed by atoms with Gasteiger partial charge < -0.3 is 86.2 Å². The number of allylic oxidation sites excluding steroid dienone is 6. The molecule has 0 aromatic heterocycles. The van der Waals surface area contributed by atoms with Crippen LogP contribution in [-0.2, 0) is 78.2 Å². The van der Waals surface area contributed by atoms with Crippen LogP contribution < -0.4 is 55.2 Å². The molecule has 9 heterocycles. The second-order valence-corrected chi connectivity index (χ2v) is 34.0. The molecule has 590 valence electrons. The van der Waals surface area contributed by atoms with E-state index in [1.165, 1.54) is 6.92 Å². The quantitative estimate of drug-likeness (QED) is 0.0106. The molecule has 35 heteroatoms. The summed E-state index contributed by atoms with van der Waals surface area (Å²) in [5.41, 5.74) is 36.6. The van der Waals surface area contributed by atoms with E-state index in [1.807, 2.05) is 73.6 Å². The van der Waals surface area contributed by atoms with Gasteiger partial charge in [-0.3, -0.25) is 67.7 Å². The number of ketones is 1. The van der Waals surface area contributed by atoms with Crippen molar-refractivity contribution in [3.05, 3.63) is 75.0 Å². The Morgan fingerprint density at radius 2 is 1.44 bits per heavy atom. The maximum Gasteiger partial charge on any atom is 3.00 e. The Morgan fingerprint density at radius 1 is 0.806 bits per heavy atom. The Hall–Kier alpha value is -7.58. The van der Waals surface area contributed by atoms with Crippen molar-refractivity contribution >= 4 is 95.6 Å². The first-order valence-corrected chi connectivity index (χ1v) is 38.8. The molecule has 10 rings (SSSR count). The molecule has 19 atom stereocenters. The molecule has 108 heavy (non-hydrogen) atoms. The number of urea groups is 1. The van der Waals surface area contributed by atoms with E-state index >= 15 is 0 Å². The molecule has 8 amide bonds. The van der Waals surface area contributed by atoms with Crippen LogP contribution in [0.15, 0.2) is 71.7 Å². The molecular formula is C73H102CoN16O16PS. The number of nitrogens with one attached hydrogen (secondary N) is 3. The standard InChI is InChI=1S/C72H104N15O16PS.CN.Co/c1-33-24-39-44(25-34(33)2)86-87-59(39)63-61(96)62(47(101-63)31-100-56(95)15-13-12-14-48-60-46(32-105-48)81-67(97)83-60)103-104(98,99)102-37(5)79-30-38(88)22-23-69(8)43(26-53(76)92)66-72(11)71(10,29-55(78)94)42(18-21-52(75)91)58(85-72)36(4)65-70(9,28-54(77)93)40(16-19-50(73)89)45(80-65)27-49-68(6,7)41(17-20-51(74)90)57(82-49)35(3)64(69)84-66;1-2;/h24-25,27,37,40-43,46-48,59-63,66,79,96H,12-23,26,28-32H2,1-11H3,(H16,73,74,75,76,77,78,80,81,82,83,84,85,89,90,91,92,93,94,97,98,99);;/q;-1;+3/p-2/t37?,40?,41?,42?,43?,46-,47?,48-,59?,60-,61?,62?,63?,66?,69?,70?,71?,72?;;/m0../s1. The Balaban J connectivity index is 0.00000486. The van der Waals surface area contributed by atoms with Gasteiger partial charge in [0.05, 0.1) is 35.6 Å². The number of hydrogen-bond acceptors (Lipinski definition) is 24. The van der Waals surface area contributed by atoms with Crippen molar-refractivity contribution in [2.75, 3.05) is 18.9 Å². The van der Waals surface area contributed by atoms with Gasteiger partial charge in [0.15, 0.2) is 0 Å². The fourth-order valence-electron chi connectivity index (χ4n) is 18.0. The minimum Gasteiger partial charge on any atom is -0.756 e. The molecule has 8 bridgehead atoms. The number of Topliss-reactive ketones (excluding diaryl/α,β-unsaturated/α-hetero) is 1. The van der Waals surface area contributed by atoms with Crippen molar-refractivity contribution in [2.24, 2.45) is 105 Å². The summed E-state index contributed by atoms with van der Waals surface area (Å²) in [7, 11) is -5.48. The van der Waals surface area contributed by atoms with Crippen LogP contribution in [0.4, 0.5) is 10.5 Å². The molecule has 16 unspecified atom stereocenters. The minimum absolute atomic E-state index is 0. The molecule has 4 saturated heterocycles. The number of unbranched alkanes of at least 4 members (excludes halogenated alkanes) is 1. The third-order valence-corrected chi connectivity index (χ3v) is 26.5. The van der Waals surface area contributed by atoms with Gasteiger partial charge in [-0.05, 0) is 126 Å². The van der Waals surface area contributed by atoms with Crippen LogP contribution in [0.5, 0.6) is 0 Å². The summed E-state index contributed by atoms with van der Waals surface area (Å²) >= 11 is 1.76. The first-order chi connectivity index (χ1) is 50.1. The molecule has 9 aliphatic heterocycles. The Morgan fingerprint density at radius 3 is 2.06 bits per heavy atom. The summed E-state index contributed by atoms with van der Waals surface area (Å²) < 4.78 is 37.3. The Labute approximate surface area is 643 Å². The van der Waals surface area contributed by atoms with Gasteiger partial charge in [0.2, 0.25) is 35.4 Å². The number of phosphoric acid groups is 1. The zero-order valence-corrected chi connectivity index (χ0v) is 65.6. The monoisotopic (exact) mass is 1580 g/mol. The SMILES string of the molecule is C/C1=C2N=C(/C=C3N=C(/C(C)=C4\[N-]C(C(CC(N)=O)C4(C)CCC(=O)CNC(C)OP(=O)([O-])OC4C(COC(=O)CCCC[C@@H]5SC[C@@H]6NC(=O)N[C@@H]65)OC(C5N=Nc6cc(C)c(C)cc65)C4O)C4(C)N=C1C(CCC(N)=O)C4(C)CC(N)=O)C(CCC(N)=O)C\3(C)C)C(CCC(N)=O)C/2(C)CC(N)=O.[C-]#N.[Co+3]. The van der Waals surface area contributed by atoms with E-state index < -0.39 is 162 Å². The molecule has 1 aromatic rings. The number of nitrogens with zero attached hydrogens (tertiary/aromatic N) is 7. The average Bonchev–Trinajstić information content (AvgIpc) is 1.52. The molecule has 1 aromatic carbocycles. The number of ether oxygens (including phenoxy) is 2. The summed E-state index contributed by atoms with van der Waals surface area (Å²) in [6, 6.07) is 1.60. The molecule has 0 aliphatic carbocycles. The number of benzene rings is 1. The molecule has 0 spiro atoms. The third-order valence-electron chi connectivity index (χ3n) is 24.0. The predicted octanol–water partition coefficient (Wildman–Crippen LogP) is 5.34.